The van der Waals surface area contributed by atoms with Gasteiger partial charge in [0.1, 0.15) is 0 Å². The van der Waals surface area contributed by atoms with Crippen molar-refractivity contribution in [3.05, 3.63) is 47.3 Å². The molecule has 0 unspecified atom stereocenters. The maximum atomic E-state index is 5.51. The van der Waals surface area contributed by atoms with Gasteiger partial charge in [0, 0.05) is 37.6 Å². The maximum absolute atomic E-state index is 5.51. The van der Waals surface area contributed by atoms with Gasteiger partial charge in [0.2, 0.25) is 0 Å². The van der Waals surface area contributed by atoms with Crippen LogP contribution in [0.3, 0.4) is 0 Å². The second-order valence-electron chi connectivity index (χ2n) is 6.16. The number of rotatable bonds is 5. The molecule has 0 aliphatic heterocycles. The van der Waals surface area contributed by atoms with Crippen molar-refractivity contribution in [2.45, 2.75) is 46.7 Å². The van der Waals surface area contributed by atoms with E-state index in [1.165, 1.54) is 11.1 Å². The highest BCUT2D eigenvalue weighted by molar-refractivity contribution is 7.80. The van der Waals surface area contributed by atoms with Crippen LogP contribution in [0.25, 0.3) is 0 Å². The number of aromatic nitrogens is 2. The Balaban J connectivity index is 1.97. The molecule has 2 rings (SSSR count). The predicted octanol–water partition coefficient (Wildman–Crippen LogP) is 4.16. The van der Waals surface area contributed by atoms with Crippen LogP contribution in [0.4, 0.5) is 5.69 Å². The molecule has 1 heterocycles. The van der Waals surface area contributed by atoms with Crippen molar-refractivity contribution in [2.75, 3.05) is 12.4 Å². The van der Waals surface area contributed by atoms with Crippen LogP contribution in [0, 0.1) is 6.92 Å². The molecule has 124 valence electrons. The Labute approximate surface area is 144 Å². The van der Waals surface area contributed by atoms with Crippen molar-refractivity contribution in [2.24, 2.45) is 0 Å². The maximum Gasteiger partial charge on any atom is 0.173 e. The van der Waals surface area contributed by atoms with Crippen molar-refractivity contribution in [3.8, 4) is 0 Å². The minimum absolute atomic E-state index is 0.539. The molecule has 0 bridgehead atoms. The van der Waals surface area contributed by atoms with Gasteiger partial charge < -0.3 is 10.2 Å². The standard InChI is InChI=1S/C18H26N4S/c1-6-22-12-16(14(4)20-22)11-21(5)18(23)19-17-9-7-15(8-10-17)13(2)3/h7-10,12-13H,6,11H2,1-5H3,(H,19,23). The normalized spacial score (nSPS) is 10.9. The molecule has 1 N–H and O–H groups in total. The Morgan fingerprint density at radius 1 is 1.30 bits per heavy atom. The van der Waals surface area contributed by atoms with Gasteiger partial charge in [-0.1, -0.05) is 26.0 Å². The van der Waals surface area contributed by atoms with Crippen LogP contribution in [-0.4, -0.2) is 26.8 Å². The van der Waals surface area contributed by atoms with E-state index in [2.05, 4.69) is 61.6 Å². The smallest absolute Gasteiger partial charge is 0.173 e. The minimum atomic E-state index is 0.539. The molecule has 5 heteroatoms. The van der Waals surface area contributed by atoms with Crippen LogP contribution in [-0.2, 0) is 13.1 Å². The van der Waals surface area contributed by atoms with Gasteiger partial charge in [0.05, 0.1) is 5.69 Å². The summed E-state index contributed by atoms with van der Waals surface area (Å²) >= 11 is 5.51. The van der Waals surface area contributed by atoms with Crippen LogP contribution in [0.5, 0.6) is 0 Å². The van der Waals surface area contributed by atoms with E-state index >= 15 is 0 Å². The summed E-state index contributed by atoms with van der Waals surface area (Å²) in [6.45, 7) is 10.2. The molecule has 0 saturated heterocycles. The largest absolute Gasteiger partial charge is 0.348 e. The lowest BCUT2D eigenvalue weighted by atomic mass is 10.0. The number of aryl methyl sites for hydroxylation is 2. The molecule has 0 radical (unpaired) electrons. The Hall–Kier alpha value is -1.88. The molecule has 0 aliphatic rings. The molecular formula is C18H26N4S. The lowest BCUT2D eigenvalue weighted by Gasteiger charge is -2.21. The molecule has 2 aromatic rings. The third kappa shape index (κ3) is 4.55. The van der Waals surface area contributed by atoms with Crippen LogP contribution in [0.2, 0.25) is 0 Å². The Morgan fingerprint density at radius 2 is 1.96 bits per heavy atom. The van der Waals surface area contributed by atoms with Crippen molar-refractivity contribution >= 4 is 23.0 Å². The summed E-state index contributed by atoms with van der Waals surface area (Å²) in [6, 6.07) is 8.45. The number of thiocarbonyl (C=S) groups is 1. The van der Waals surface area contributed by atoms with Gasteiger partial charge in [-0.3, -0.25) is 4.68 Å². The SMILES string of the molecule is CCn1cc(CN(C)C(=S)Nc2ccc(C(C)C)cc2)c(C)n1. The van der Waals surface area contributed by atoms with Crippen LogP contribution in [0.1, 0.15) is 43.5 Å². The first-order valence-corrected chi connectivity index (χ1v) is 8.46. The summed E-state index contributed by atoms with van der Waals surface area (Å²) in [6.07, 6.45) is 2.09. The molecule has 0 aliphatic carbocycles. The molecule has 0 amide bonds. The highest BCUT2D eigenvalue weighted by Crippen LogP contribution is 2.17. The van der Waals surface area contributed by atoms with Gasteiger partial charge in [0.25, 0.3) is 0 Å². The number of hydrogen-bond acceptors (Lipinski definition) is 2. The quantitative estimate of drug-likeness (QED) is 0.834. The highest BCUT2D eigenvalue weighted by Gasteiger charge is 2.10. The summed E-state index contributed by atoms with van der Waals surface area (Å²) < 4.78 is 1.96. The molecule has 0 saturated carbocycles. The first-order chi connectivity index (χ1) is 10.9. The minimum Gasteiger partial charge on any atom is -0.348 e. The van der Waals surface area contributed by atoms with Crippen molar-refractivity contribution in [1.82, 2.24) is 14.7 Å². The average Bonchev–Trinajstić information content (AvgIpc) is 2.88. The molecule has 0 spiro atoms. The van der Waals surface area contributed by atoms with Crippen LogP contribution in [0.15, 0.2) is 30.5 Å². The lowest BCUT2D eigenvalue weighted by Crippen LogP contribution is -2.30. The van der Waals surface area contributed by atoms with Crippen LogP contribution < -0.4 is 5.32 Å². The van der Waals surface area contributed by atoms with E-state index in [1.807, 2.05) is 23.6 Å². The fourth-order valence-corrected chi connectivity index (χ4v) is 2.56. The molecule has 0 fully saturated rings. The third-order valence-electron chi connectivity index (χ3n) is 3.95. The molecule has 23 heavy (non-hydrogen) atoms. The van der Waals surface area contributed by atoms with E-state index in [1.54, 1.807) is 0 Å². The first kappa shape index (κ1) is 17.5. The fraction of sp³-hybridized carbons (Fsp3) is 0.444. The van der Waals surface area contributed by atoms with E-state index < -0.39 is 0 Å². The van der Waals surface area contributed by atoms with Gasteiger partial charge in [-0.05, 0) is 49.7 Å². The molecule has 4 nitrogen and oxygen atoms in total. The monoisotopic (exact) mass is 330 g/mol. The van der Waals surface area contributed by atoms with Crippen molar-refractivity contribution < 1.29 is 0 Å². The molecule has 1 aromatic heterocycles. The third-order valence-corrected chi connectivity index (χ3v) is 4.37. The second-order valence-corrected chi connectivity index (χ2v) is 6.55. The number of anilines is 1. The van der Waals surface area contributed by atoms with E-state index in [9.17, 15) is 0 Å². The number of nitrogens with one attached hydrogen (secondary N) is 1. The van der Waals surface area contributed by atoms with E-state index in [0.717, 1.165) is 24.5 Å². The Bertz CT molecular complexity index is 658. The number of nitrogens with zero attached hydrogens (tertiary/aromatic N) is 3. The second kappa shape index (κ2) is 7.59. The van der Waals surface area contributed by atoms with Gasteiger partial charge >= 0.3 is 0 Å². The first-order valence-electron chi connectivity index (χ1n) is 8.05. The zero-order chi connectivity index (χ0) is 17.0. The fourth-order valence-electron chi connectivity index (χ4n) is 2.37. The summed E-state index contributed by atoms with van der Waals surface area (Å²) in [5, 5.41) is 8.49. The van der Waals surface area contributed by atoms with Gasteiger partial charge in [-0.2, -0.15) is 5.10 Å². The van der Waals surface area contributed by atoms with Gasteiger partial charge in [-0.15, -0.1) is 0 Å². The van der Waals surface area contributed by atoms with Crippen molar-refractivity contribution in [1.29, 1.82) is 0 Å². The average molecular weight is 331 g/mol. The molecule has 1 aromatic carbocycles. The van der Waals surface area contributed by atoms with Crippen LogP contribution >= 0.6 is 12.2 Å². The summed E-state index contributed by atoms with van der Waals surface area (Å²) in [5.74, 6) is 0.539. The number of benzene rings is 1. The summed E-state index contributed by atoms with van der Waals surface area (Å²) in [4.78, 5) is 2.04. The van der Waals surface area contributed by atoms with Gasteiger partial charge in [-0.25, -0.2) is 0 Å². The zero-order valence-electron chi connectivity index (χ0n) is 14.6. The molecule has 0 atom stereocenters. The Kier molecular flexibility index (Phi) is 5.77. The summed E-state index contributed by atoms with van der Waals surface area (Å²) in [7, 11) is 2.00. The predicted molar refractivity (Wildman–Crippen MR) is 101 cm³/mol. The number of hydrogen-bond donors (Lipinski definition) is 1. The highest BCUT2D eigenvalue weighted by atomic mass is 32.1. The lowest BCUT2D eigenvalue weighted by molar-refractivity contribution is 0.506. The van der Waals surface area contributed by atoms with E-state index in [0.29, 0.717) is 11.0 Å². The van der Waals surface area contributed by atoms with Crippen molar-refractivity contribution in [3.63, 3.8) is 0 Å². The van der Waals surface area contributed by atoms with E-state index in [4.69, 9.17) is 12.2 Å². The molecular weight excluding hydrogens is 304 g/mol. The van der Waals surface area contributed by atoms with E-state index in [-0.39, 0.29) is 0 Å². The van der Waals surface area contributed by atoms with Gasteiger partial charge in [0.15, 0.2) is 5.11 Å². The summed E-state index contributed by atoms with van der Waals surface area (Å²) in [5.41, 5.74) is 4.61. The Morgan fingerprint density at radius 3 is 2.48 bits per heavy atom. The topological polar surface area (TPSA) is 33.1 Å². The zero-order valence-corrected chi connectivity index (χ0v) is 15.4.